The van der Waals surface area contributed by atoms with Crippen LogP contribution in [0.1, 0.15) is 6.42 Å². The minimum Gasteiger partial charge on any atom is -0.311 e. The van der Waals surface area contributed by atoms with Crippen LogP contribution in [0.5, 0.6) is 0 Å². The van der Waals surface area contributed by atoms with Gasteiger partial charge in [-0.25, -0.2) is 0 Å². The standard InChI is InChI=1S/C13H14FN3O3S/c1-16-11-3-2-4-12(10(11)6-15-16)17-7-9(5-13(17)18)8-21(14,19)20/h2-4,6,9H,5,7-8H2,1H3. The second-order valence-corrected chi connectivity index (χ2v) is 6.67. The summed E-state index contributed by atoms with van der Waals surface area (Å²) >= 11 is 0. The second kappa shape index (κ2) is 4.80. The van der Waals surface area contributed by atoms with E-state index in [9.17, 15) is 17.1 Å². The van der Waals surface area contributed by atoms with Crippen molar-refractivity contribution < 1.29 is 17.1 Å². The highest BCUT2D eigenvalue weighted by atomic mass is 32.3. The Balaban J connectivity index is 1.94. The topological polar surface area (TPSA) is 72.3 Å². The molecule has 1 aliphatic heterocycles. The molecule has 1 atom stereocenters. The zero-order valence-electron chi connectivity index (χ0n) is 11.4. The summed E-state index contributed by atoms with van der Waals surface area (Å²) in [6.07, 6.45) is 1.71. The number of rotatable bonds is 3. The molecule has 112 valence electrons. The third kappa shape index (κ3) is 2.63. The molecule has 8 heteroatoms. The van der Waals surface area contributed by atoms with Gasteiger partial charge in [0.15, 0.2) is 0 Å². The molecule has 0 aliphatic carbocycles. The van der Waals surface area contributed by atoms with Crippen molar-refractivity contribution in [1.82, 2.24) is 9.78 Å². The van der Waals surface area contributed by atoms with Crippen molar-refractivity contribution in [2.24, 2.45) is 13.0 Å². The van der Waals surface area contributed by atoms with E-state index in [4.69, 9.17) is 0 Å². The summed E-state index contributed by atoms with van der Waals surface area (Å²) in [6.45, 7) is 0.204. The van der Waals surface area contributed by atoms with Crippen molar-refractivity contribution in [2.45, 2.75) is 6.42 Å². The summed E-state index contributed by atoms with van der Waals surface area (Å²) in [7, 11) is -2.77. The molecule has 2 heterocycles. The molecule has 21 heavy (non-hydrogen) atoms. The molecule has 3 rings (SSSR count). The van der Waals surface area contributed by atoms with Crippen LogP contribution in [0.15, 0.2) is 24.4 Å². The minimum absolute atomic E-state index is 0.0415. The zero-order valence-corrected chi connectivity index (χ0v) is 12.2. The summed E-state index contributed by atoms with van der Waals surface area (Å²) in [4.78, 5) is 13.6. The van der Waals surface area contributed by atoms with E-state index in [0.717, 1.165) is 10.9 Å². The number of hydrogen-bond acceptors (Lipinski definition) is 4. The van der Waals surface area contributed by atoms with Crippen LogP contribution in [-0.4, -0.2) is 36.4 Å². The maximum atomic E-state index is 12.8. The predicted octanol–water partition coefficient (Wildman–Crippen LogP) is 1.23. The van der Waals surface area contributed by atoms with Crippen LogP contribution < -0.4 is 4.90 Å². The van der Waals surface area contributed by atoms with Crippen molar-refractivity contribution in [1.29, 1.82) is 0 Å². The van der Waals surface area contributed by atoms with Gasteiger partial charge in [-0.15, -0.1) is 3.89 Å². The Labute approximate surface area is 121 Å². The molecule has 1 fully saturated rings. The van der Waals surface area contributed by atoms with Crippen LogP contribution in [0.25, 0.3) is 10.9 Å². The Morgan fingerprint density at radius 3 is 2.90 bits per heavy atom. The van der Waals surface area contributed by atoms with Gasteiger partial charge in [-0.05, 0) is 12.1 Å². The number of anilines is 1. The number of carbonyl (C=O) groups excluding carboxylic acids is 1. The molecule has 1 amide bonds. The molecule has 1 aromatic heterocycles. The van der Waals surface area contributed by atoms with E-state index in [2.05, 4.69) is 5.10 Å². The van der Waals surface area contributed by atoms with Crippen molar-refractivity contribution >= 4 is 32.7 Å². The Hall–Kier alpha value is -1.96. The predicted molar refractivity (Wildman–Crippen MR) is 76.1 cm³/mol. The quantitative estimate of drug-likeness (QED) is 0.799. The number of aryl methyl sites for hydroxylation is 1. The first kappa shape index (κ1) is 14.0. The highest BCUT2D eigenvalue weighted by Crippen LogP contribution is 2.31. The third-order valence-electron chi connectivity index (χ3n) is 3.70. The number of aromatic nitrogens is 2. The van der Waals surface area contributed by atoms with Gasteiger partial charge in [-0.1, -0.05) is 6.07 Å². The van der Waals surface area contributed by atoms with E-state index < -0.39 is 21.9 Å². The first-order chi connectivity index (χ1) is 9.85. The van der Waals surface area contributed by atoms with E-state index in [1.807, 2.05) is 12.1 Å². The minimum atomic E-state index is -4.57. The third-order valence-corrected chi connectivity index (χ3v) is 4.57. The normalized spacial score (nSPS) is 19.6. The van der Waals surface area contributed by atoms with Crippen molar-refractivity contribution in [2.75, 3.05) is 17.2 Å². The molecule has 6 nitrogen and oxygen atoms in total. The molecule has 0 spiro atoms. The fourth-order valence-corrected chi connectivity index (χ4v) is 3.59. The summed E-state index contributed by atoms with van der Waals surface area (Å²) in [6, 6.07) is 5.48. The highest BCUT2D eigenvalue weighted by Gasteiger charge is 2.34. The largest absolute Gasteiger partial charge is 0.311 e. The summed E-state index contributed by atoms with van der Waals surface area (Å²) in [5.41, 5.74) is 1.56. The van der Waals surface area contributed by atoms with E-state index >= 15 is 0 Å². The van der Waals surface area contributed by atoms with Crippen LogP contribution in [0.2, 0.25) is 0 Å². The summed E-state index contributed by atoms with van der Waals surface area (Å²) in [5.74, 6) is -1.32. The number of halogens is 1. The van der Waals surface area contributed by atoms with Crippen LogP contribution in [0.4, 0.5) is 9.57 Å². The number of benzene rings is 1. The van der Waals surface area contributed by atoms with E-state index in [0.29, 0.717) is 5.69 Å². The van der Waals surface area contributed by atoms with Crippen LogP contribution >= 0.6 is 0 Å². The lowest BCUT2D eigenvalue weighted by molar-refractivity contribution is -0.117. The highest BCUT2D eigenvalue weighted by molar-refractivity contribution is 7.86. The van der Waals surface area contributed by atoms with Gasteiger partial charge in [0.05, 0.1) is 23.2 Å². The fraction of sp³-hybridized carbons (Fsp3) is 0.385. The molecule has 0 bridgehead atoms. The van der Waals surface area contributed by atoms with Gasteiger partial charge in [-0.3, -0.25) is 9.48 Å². The lowest BCUT2D eigenvalue weighted by Crippen LogP contribution is -2.25. The van der Waals surface area contributed by atoms with Crippen LogP contribution in [-0.2, 0) is 22.1 Å². The maximum absolute atomic E-state index is 12.8. The lowest BCUT2D eigenvalue weighted by atomic mass is 10.1. The molecular weight excluding hydrogens is 297 g/mol. The van der Waals surface area contributed by atoms with Gasteiger partial charge in [-0.2, -0.15) is 13.5 Å². The molecule has 1 unspecified atom stereocenters. The number of hydrogen-bond donors (Lipinski definition) is 0. The van der Waals surface area contributed by atoms with Crippen LogP contribution in [0, 0.1) is 5.92 Å². The SMILES string of the molecule is Cn1ncc2c(N3CC(CS(=O)(=O)F)CC3=O)cccc21. The van der Waals surface area contributed by atoms with E-state index in [1.54, 1.807) is 24.0 Å². The summed E-state index contributed by atoms with van der Waals surface area (Å²) < 4.78 is 36.0. The van der Waals surface area contributed by atoms with E-state index in [1.165, 1.54) is 4.90 Å². The Morgan fingerprint density at radius 1 is 1.43 bits per heavy atom. The van der Waals surface area contributed by atoms with Gasteiger partial charge < -0.3 is 4.90 Å². The molecule has 1 saturated heterocycles. The molecule has 0 radical (unpaired) electrons. The zero-order chi connectivity index (χ0) is 15.2. The maximum Gasteiger partial charge on any atom is 0.302 e. The number of carbonyl (C=O) groups is 1. The Kier molecular flexibility index (Phi) is 3.20. The summed E-state index contributed by atoms with van der Waals surface area (Å²) in [5, 5.41) is 4.97. The fourth-order valence-electron chi connectivity index (χ4n) is 2.81. The monoisotopic (exact) mass is 311 g/mol. The van der Waals surface area contributed by atoms with Crippen molar-refractivity contribution in [3.63, 3.8) is 0 Å². The van der Waals surface area contributed by atoms with E-state index in [-0.39, 0.29) is 18.9 Å². The first-order valence-electron chi connectivity index (χ1n) is 6.48. The average molecular weight is 311 g/mol. The van der Waals surface area contributed by atoms with Crippen molar-refractivity contribution in [3.8, 4) is 0 Å². The van der Waals surface area contributed by atoms with Gasteiger partial charge in [0.1, 0.15) is 0 Å². The van der Waals surface area contributed by atoms with Gasteiger partial charge >= 0.3 is 10.2 Å². The second-order valence-electron chi connectivity index (χ2n) is 5.26. The average Bonchev–Trinajstić information content (AvgIpc) is 2.91. The number of nitrogens with zero attached hydrogens (tertiary/aromatic N) is 3. The Morgan fingerprint density at radius 2 is 2.19 bits per heavy atom. The van der Waals surface area contributed by atoms with Gasteiger partial charge in [0, 0.05) is 31.3 Å². The Bertz CT molecular complexity index is 815. The molecule has 0 N–H and O–H groups in total. The lowest BCUT2D eigenvalue weighted by Gasteiger charge is -2.17. The molecule has 2 aromatic rings. The van der Waals surface area contributed by atoms with Gasteiger partial charge in [0.25, 0.3) is 0 Å². The van der Waals surface area contributed by atoms with Crippen LogP contribution in [0.3, 0.4) is 0 Å². The number of amides is 1. The number of fused-ring (bicyclic) bond motifs is 1. The molecule has 1 aromatic carbocycles. The van der Waals surface area contributed by atoms with Gasteiger partial charge in [0.2, 0.25) is 5.91 Å². The first-order valence-corrected chi connectivity index (χ1v) is 8.04. The molecular formula is C13H14FN3O3S. The smallest absolute Gasteiger partial charge is 0.302 e. The molecule has 1 aliphatic rings. The molecule has 0 saturated carbocycles. The van der Waals surface area contributed by atoms with Crippen molar-refractivity contribution in [3.05, 3.63) is 24.4 Å².